The van der Waals surface area contributed by atoms with Crippen LogP contribution < -0.4 is 10.6 Å². The van der Waals surface area contributed by atoms with Crippen molar-refractivity contribution in [2.75, 3.05) is 6.54 Å². The van der Waals surface area contributed by atoms with Crippen LogP contribution in [0.15, 0.2) is 12.1 Å². The third kappa shape index (κ3) is 3.43. The number of halogens is 4. The van der Waals surface area contributed by atoms with Crippen LogP contribution >= 0.6 is 12.4 Å². The zero-order valence-electron chi connectivity index (χ0n) is 10.9. The monoisotopic (exact) mass is 308 g/mol. The van der Waals surface area contributed by atoms with Crippen molar-refractivity contribution in [1.82, 2.24) is 10.6 Å². The van der Waals surface area contributed by atoms with Gasteiger partial charge in [-0.2, -0.15) is 0 Å². The van der Waals surface area contributed by atoms with Gasteiger partial charge in [-0.3, -0.25) is 4.79 Å². The Balaban J connectivity index is 0.00000200. The van der Waals surface area contributed by atoms with Crippen LogP contribution in [0.2, 0.25) is 0 Å². The molecule has 0 aliphatic carbocycles. The first-order chi connectivity index (χ1) is 9.00. The lowest BCUT2D eigenvalue weighted by Crippen LogP contribution is -2.52. The zero-order chi connectivity index (χ0) is 14.0. The predicted octanol–water partition coefficient (Wildman–Crippen LogP) is 2.40. The molecule has 2 rings (SSSR count). The molecule has 20 heavy (non-hydrogen) atoms. The maximum atomic E-state index is 13.5. The van der Waals surface area contributed by atoms with Gasteiger partial charge in [0.25, 0.3) is 5.91 Å². The fourth-order valence-electron chi connectivity index (χ4n) is 2.19. The molecule has 0 aromatic heterocycles. The summed E-state index contributed by atoms with van der Waals surface area (Å²) in [5.74, 6) is -5.10. The molecule has 112 valence electrons. The number of nitrogens with one attached hydrogen (secondary N) is 2. The van der Waals surface area contributed by atoms with E-state index >= 15 is 0 Å². The SMILES string of the molecule is CC1NCCCC1NC(=O)c1ccc(F)c(F)c1F.Cl. The molecule has 1 aliphatic rings. The summed E-state index contributed by atoms with van der Waals surface area (Å²) in [4.78, 5) is 11.9. The quantitative estimate of drug-likeness (QED) is 0.824. The molecule has 0 bridgehead atoms. The van der Waals surface area contributed by atoms with Gasteiger partial charge >= 0.3 is 0 Å². The number of benzene rings is 1. The second kappa shape index (κ2) is 6.95. The molecule has 2 N–H and O–H groups in total. The minimum atomic E-state index is -1.62. The third-order valence-electron chi connectivity index (χ3n) is 3.36. The molecule has 1 fully saturated rings. The van der Waals surface area contributed by atoms with Gasteiger partial charge in [0, 0.05) is 12.1 Å². The summed E-state index contributed by atoms with van der Waals surface area (Å²) in [7, 11) is 0. The minimum Gasteiger partial charge on any atom is -0.348 e. The van der Waals surface area contributed by atoms with Crippen molar-refractivity contribution in [3.8, 4) is 0 Å². The Hall–Kier alpha value is -1.27. The van der Waals surface area contributed by atoms with Crippen molar-refractivity contribution in [2.24, 2.45) is 0 Å². The van der Waals surface area contributed by atoms with Gasteiger partial charge in [-0.25, -0.2) is 13.2 Å². The van der Waals surface area contributed by atoms with E-state index in [1.807, 2.05) is 6.92 Å². The van der Waals surface area contributed by atoms with E-state index in [1.165, 1.54) is 0 Å². The van der Waals surface area contributed by atoms with Crippen molar-refractivity contribution in [3.05, 3.63) is 35.1 Å². The minimum absolute atomic E-state index is 0. The molecule has 0 spiro atoms. The highest BCUT2D eigenvalue weighted by atomic mass is 35.5. The van der Waals surface area contributed by atoms with Gasteiger partial charge in [-0.05, 0) is 38.4 Å². The Kier molecular flexibility index (Phi) is 5.83. The lowest BCUT2D eigenvalue weighted by Gasteiger charge is -2.30. The Morgan fingerprint density at radius 2 is 2.00 bits per heavy atom. The molecule has 1 amide bonds. The first kappa shape index (κ1) is 16.8. The Morgan fingerprint density at radius 1 is 1.30 bits per heavy atom. The molecule has 0 radical (unpaired) electrons. The second-order valence-electron chi connectivity index (χ2n) is 4.69. The summed E-state index contributed by atoms with van der Waals surface area (Å²) >= 11 is 0. The highest BCUT2D eigenvalue weighted by Crippen LogP contribution is 2.16. The molecule has 2 atom stereocenters. The van der Waals surface area contributed by atoms with E-state index in [-0.39, 0.29) is 24.5 Å². The molecule has 3 nitrogen and oxygen atoms in total. The van der Waals surface area contributed by atoms with E-state index in [9.17, 15) is 18.0 Å². The van der Waals surface area contributed by atoms with Gasteiger partial charge in [-0.1, -0.05) is 0 Å². The fraction of sp³-hybridized carbons (Fsp3) is 0.462. The van der Waals surface area contributed by atoms with Crippen molar-refractivity contribution in [2.45, 2.75) is 31.8 Å². The smallest absolute Gasteiger partial charge is 0.254 e. The van der Waals surface area contributed by atoms with Crippen molar-refractivity contribution < 1.29 is 18.0 Å². The number of carbonyl (C=O) groups is 1. The molecule has 0 saturated carbocycles. The lowest BCUT2D eigenvalue weighted by atomic mass is 9.99. The zero-order valence-corrected chi connectivity index (χ0v) is 11.7. The van der Waals surface area contributed by atoms with Gasteiger partial charge in [0.1, 0.15) is 0 Å². The molecule has 1 heterocycles. The second-order valence-corrected chi connectivity index (χ2v) is 4.69. The molecule has 1 aliphatic heterocycles. The van der Waals surface area contributed by atoms with E-state index in [0.29, 0.717) is 0 Å². The van der Waals surface area contributed by atoms with Crippen LogP contribution in [0.25, 0.3) is 0 Å². The number of carbonyl (C=O) groups excluding carboxylic acids is 1. The third-order valence-corrected chi connectivity index (χ3v) is 3.36. The van der Waals surface area contributed by atoms with E-state index in [1.54, 1.807) is 0 Å². The topological polar surface area (TPSA) is 41.1 Å². The van der Waals surface area contributed by atoms with Gasteiger partial charge in [0.15, 0.2) is 17.5 Å². The van der Waals surface area contributed by atoms with Crippen molar-refractivity contribution >= 4 is 18.3 Å². The molecule has 1 saturated heterocycles. The molecular formula is C13H16ClF3N2O. The summed E-state index contributed by atoms with van der Waals surface area (Å²) in [5, 5.41) is 5.82. The number of piperidine rings is 1. The first-order valence-electron chi connectivity index (χ1n) is 6.18. The number of hydrogen-bond acceptors (Lipinski definition) is 2. The van der Waals surface area contributed by atoms with Gasteiger partial charge in [0.2, 0.25) is 0 Å². The summed E-state index contributed by atoms with van der Waals surface area (Å²) in [5.41, 5.74) is -0.475. The Labute approximate surface area is 121 Å². The summed E-state index contributed by atoms with van der Waals surface area (Å²) in [6.45, 7) is 2.78. The number of amides is 1. The largest absolute Gasteiger partial charge is 0.348 e. The molecule has 1 aromatic carbocycles. The van der Waals surface area contributed by atoms with Crippen LogP contribution in [-0.4, -0.2) is 24.5 Å². The Bertz CT molecular complexity index is 499. The van der Waals surface area contributed by atoms with Crippen molar-refractivity contribution in [3.63, 3.8) is 0 Å². The average molecular weight is 309 g/mol. The maximum absolute atomic E-state index is 13.5. The van der Waals surface area contributed by atoms with Crippen LogP contribution in [0.1, 0.15) is 30.1 Å². The molecule has 2 unspecified atom stereocenters. The van der Waals surface area contributed by atoms with E-state index in [2.05, 4.69) is 10.6 Å². The summed E-state index contributed by atoms with van der Waals surface area (Å²) < 4.78 is 39.3. The van der Waals surface area contributed by atoms with Crippen LogP contribution in [-0.2, 0) is 0 Å². The summed E-state index contributed by atoms with van der Waals surface area (Å²) in [6, 6.07) is 1.61. The van der Waals surface area contributed by atoms with Crippen LogP contribution in [0, 0.1) is 17.5 Å². The van der Waals surface area contributed by atoms with E-state index in [0.717, 1.165) is 31.5 Å². The highest BCUT2D eigenvalue weighted by molar-refractivity contribution is 5.94. The Morgan fingerprint density at radius 3 is 2.65 bits per heavy atom. The van der Waals surface area contributed by atoms with Crippen LogP contribution in [0.4, 0.5) is 13.2 Å². The maximum Gasteiger partial charge on any atom is 0.254 e. The molecule has 1 aromatic rings. The standard InChI is InChI=1S/C13H15F3N2O.ClH/c1-7-10(3-2-6-17-7)18-13(19)8-4-5-9(14)12(16)11(8)15;/h4-5,7,10,17H,2-3,6H2,1H3,(H,18,19);1H. The van der Waals surface area contributed by atoms with Crippen LogP contribution in [0.3, 0.4) is 0 Å². The normalized spacial score (nSPS) is 22.0. The first-order valence-corrected chi connectivity index (χ1v) is 6.18. The number of rotatable bonds is 2. The predicted molar refractivity (Wildman–Crippen MR) is 71.5 cm³/mol. The molecule has 7 heteroatoms. The lowest BCUT2D eigenvalue weighted by molar-refractivity contribution is 0.0914. The highest BCUT2D eigenvalue weighted by Gasteiger charge is 2.25. The molecular weight excluding hydrogens is 293 g/mol. The summed E-state index contributed by atoms with van der Waals surface area (Å²) in [6.07, 6.45) is 1.67. The van der Waals surface area contributed by atoms with Gasteiger partial charge < -0.3 is 10.6 Å². The number of hydrogen-bond donors (Lipinski definition) is 2. The van der Waals surface area contributed by atoms with E-state index < -0.39 is 28.9 Å². The van der Waals surface area contributed by atoms with E-state index in [4.69, 9.17) is 0 Å². The average Bonchev–Trinajstić information content (AvgIpc) is 2.39. The fourth-order valence-corrected chi connectivity index (χ4v) is 2.19. The van der Waals surface area contributed by atoms with Crippen molar-refractivity contribution in [1.29, 1.82) is 0 Å². The van der Waals surface area contributed by atoms with Gasteiger partial charge in [0.05, 0.1) is 5.56 Å². The van der Waals surface area contributed by atoms with Crippen LogP contribution in [0.5, 0.6) is 0 Å². The van der Waals surface area contributed by atoms with Gasteiger partial charge in [-0.15, -0.1) is 12.4 Å².